The van der Waals surface area contributed by atoms with Crippen LogP contribution >= 0.6 is 12.4 Å². The van der Waals surface area contributed by atoms with E-state index in [9.17, 15) is 4.79 Å². The highest BCUT2D eigenvalue weighted by molar-refractivity contribution is 5.85. The fourth-order valence-electron chi connectivity index (χ4n) is 3.47. The molecule has 1 heterocycles. The highest BCUT2D eigenvalue weighted by Gasteiger charge is 2.26. The lowest BCUT2D eigenvalue weighted by atomic mass is 9.93. The van der Waals surface area contributed by atoms with Crippen molar-refractivity contribution in [3.63, 3.8) is 0 Å². The van der Waals surface area contributed by atoms with E-state index in [2.05, 4.69) is 15.5 Å². The minimum atomic E-state index is -0.0969. The number of likely N-dealkylation sites (tertiary alicyclic amines) is 1. The molecule has 0 saturated carbocycles. The number of rotatable bonds is 9. The molecule has 1 aliphatic heterocycles. The molecule has 1 saturated heterocycles. The van der Waals surface area contributed by atoms with E-state index in [0.29, 0.717) is 18.0 Å². The molecule has 0 aliphatic carbocycles. The summed E-state index contributed by atoms with van der Waals surface area (Å²) in [6, 6.07) is 5.61. The third-order valence-corrected chi connectivity index (χ3v) is 5.29. The summed E-state index contributed by atoms with van der Waals surface area (Å²) < 4.78 is 10.6. The lowest BCUT2D eigenvalue weighted by molar-refractivity contribution is -0.126. The average Bonchev–Trinajstić information content (AvgIpc) is 2.69. The van der Waals surface area contributed by atoms with Crippen LogP contribution in [-0.2, 0) is 11.3 Å². The fraction of sp³-hybridized carbons (Fsp3) is 0.650. The first-order valence-electron chi connectivity index (χ1n) is 9.46. The zero-order valence-electron chi connectivity index (χ0n) is 16.9. The van der Waals surface area contributed by atoms with Gasteiger partial charge in [0.25, 0.3) is 0 Å². The molecule has 2 N–H and O–H groups in total. The summed E-state index contributed by atoms with van der Waals surface area (Å²) in [5.41, 5.74) is 0.994. The molecule has 0 bridgehead atoms. The van der Waals surface area contributed by atoms with E-state index in [0.717, 1.165) is 31.1 Å². The smallest absolute Gasteiger partial charge is 0.237 e. The van der Waals surface area contributed by atoms with Gasteiger partial charge in [0.15, 0.2) is 11.5 Å². The van der Waals surface area contributed by atoms with Crippen molar-refractivity contribution in [2.75, 3.05) is 40.9 Å². The Morgan fingerprint density at radius 2 is 1.89 bits per heavy atom. The van der Waals surface area contributed by atoms with Crippen LogP contribution in [0.5, 0.6) is 11.5 Å². The van der Waals surface area contributed by atoms with Crippen molar-refractivity contribution >= 4 is 18.3 Å². The first-order chi connectivity index (χ1) is 12.6. The van der Waals surface area contributed by atoms with E-state index < -0.39 is 0 Å². The Labute approximate surface area is 169 Å². The Morgan fingerprint density at radius 1 is 1.22 bits per heavy atom. The molecule has 27 heavy (non-hydrogen) atoms. The van der Waals surface area contributed by atoms with E-state index in [4.69, 9.17) is 9.47 Å². The van der Waals surface area contributed by atoms with E-state index in [1.165, 1.54) is 19.3 Å². The van der Waals surface area contributed by atoms with Gasteiger partial charge in [-0.3, -0.25) is 9.69 Å². The molecule has 1 aromatic rings. The SMILES string of the molecule is CNCCC1CCN(C(C)C(=O)NCc2ccc(OC)c(OC)c2)CC1.Cl. The van der Waals surface area contributed by atoms with Crippen LogP contribution < -0.4 is 20.1 Å². The number of amides is 1. The predicted octanol–water partition coefficient (Wildman–Crippen LogP) is 2.45. The van der Waals surface area contributed by atoms with Gasteiger partial charge in [-0.1, -0.05) is 6.07 Å². The number of ether oxygens (including phenoxy) is 2. The molecule has 1 unspecified atom stereocenters. The summed E-state index contributed by atoms with van der Waals surface area (Å²) in [6.07, 6.45) is 3.58. The van der Waals surface area contributed by atoms with Crippen LogP contribution in [0.1, 0.15) is 31.7 Å². The number of nitrogens with one attached hydrogen (secondary N) is 2. The van der Waals surface area contributed by atoms with Crippen molar-refractivity contribution in [1.82, 2.24) is 15.5 Å². The third-order valence-electron chi connectivity index (χ3n) is 5.29. The van der Waals surface area contributed by atoms with E-state index in [1.54, 1.807) is 14.2 Å². The monoisotopic (exact) mass is 399 g/mol. The average molecular weight is 400 g/mol. The molecule has 6 nitrogen and oxygen atoms in total. The third kappa shape index (κ3) is 6.87. The molecule has 1 atom stereocenters. The number of hydrogen-bond donors (Lipinski definition) is 2. The van der Waals surface area contributed by atoms with E-state index in [-0.39, 0.29) is 24.4 Å². The summed E-state index contributed by atoms with van der Waals surface area (Å²) in [7, 11) is 5.23. The van der Waals surface area contributed by atoms with Crippen molar-refractivity contribution in [3.8, 4) is 11.5 Å². The molecule has 2 rings (SSSR count). The fourth-order valence-corrected chi connectivity index (χ4v) is 3.47. The second-order valence-electron chi connectivity index (χ2n) is 6.95. The lowest BCUT2D eigenvalue weighted by Crippen LogP contribution is -2.48. The quantitative estimate of drug-likeness (QED) is 0.667. The second kappa shape index (κ2) is 12.1. The Bertz CT molecular complexity index is 578. The molecule has 1 fully saturated rings. The van der Waals surface area contributed by atoms with Crippen LogP contribution in [0, 0.1) is 5.92 Å². The normalized spacial score (nSPS) is 16.3. The number of benzene rings is 1. The van der Waals surface area contributed by atoms with Gasteiger partial charge in [-0.05, 0) is 76.5 Å². The molecule has 1 aromatic carbocycles. The summed E-state index contributed by atoms with van der Waals surface area (Å²) >= 11 is 0. The summed E-state index contributed by atoms with van der Waals surface area (Å²) in [5, 5.41) is 6.26. The zero-order chi connectivity index (χ0) is 18.9. The number of carbonyl (C=O) groups is 1. The summed E-state index contributed by atoms with van der Waals surface area (Å²) in [6.45, 7) is 5.56. The van der Waals surface area contributed by atoms with Crippen LogP contribution in [-0.4, -0.2) is 57.8 Å². The summed E-state index contributed by atoms with van der Waals surface area (Å²) in [4.78, 5) is 14.8. The first-order valence-corrected chi connectivity index (χ1v) is 9.46. The van der Waals surface area contributed by atoms with Crippen molar-refractivity contribution in [2.24, 2.45) is 5.92 Å². The molecule has 1 amide bonds. The number of nitrogens with zero attached hydrogens (tertiary/aromatic N) is 1. The molecule has 154 valence electrons. The minimum absolute atomic E-state index is 0. The van der Waals surface area contributed by atoms with Gasteiger partial charge < -0.3 is 20.1 Å². The van der Waals surface area contributed by atoms with Gasteiger partial charge in [0.1, 0.15) is 0 Å². The minimum Gasteiger partial charge on any atom is -0.493 e. The van der Waals surface area contributed by atoms with Gasteiger partial charge >= 0.3 is 0 Å². The molecule has 1 aliphatic rings. The first kappa shape index (κ1) is 23.5. The van der Waals surface area contributed by atoms with Crippen molar-refractivity contribution in [2.45, 2.75) is 38.8 Å². The number of halogens is 1. The molecule has 0 aromatic heterocycles. The molecule has 0 spiro atoms. The Hall–Kier alpha value is -1.50. The van der Waals surface area contributed by atoms with Gasteiger partial charge in [-0.15, -0.1) is 12.4 Å². The Morgan fingerprint density at radius 3 is 2.48 bits per heavy atom. The number of methoxy groups -OCH3 is 2. The Kier molecular flexibility index (Phi) is 10.5. The van der Waals surface area contributed by atoms with Crippen LogP contribution in [0.2, 0.25) is 0 Å². The number of carbonyl (C=O) groups excluding carboxylic acids is 1. The Balaban J connectivity index is 0.00000364. The van der Waals surface area contributed by atoms with Crippen molar-refractivity contribution in [3.05, 3.63) is 23.8 Å². The molecular weight excluding hydrogens is 366 g/mol. The molecule has 0 radical (unpaired) electrons. The van der Waals surface area contributed by atoms with Crippen LogP contribution in [0.15, 0.2) is 18.2 Å². The van der Waals surface area contributed by atoms with Crippen molar-refractivity contribution in [1.29, 1.82) is 0 Å². The largest absolute Gasteiger partial charge is 0.493 e. The molecular formula is C20H34ClN3O3. The van der Waals surface area contributed by atoms with Crippen LogP contribution in [0.3, 0.4) is 0 Å². The zero-order valence-corrected chi connectivity index (χ0v) is 17.7. The predicted molar refractivity (Wildman–Crippen MR) is 111 cm³/mol. The number of piperidine rings is 1. The van der Waals surface area contributed by atoms with Gasteiger partial charge in [-0.2, -0.15) is 0 Å². The lowest BCUT2D eigenvalue weighted by Gasteiger charge is -2.35. The van der Waals surface area contributed by atoms with Crippen molar-refractivity contribution < 1.29 is 14.3 Å². The maximum Gasteiger partial charge on any atom is 0.237 e. The van der Waals surface area contributed by atoms with E-state index >= 15 is 0 Å². The summed E-state index contributed by atoms with van der Waals surface area (Å²) in [5.74, 6) is 2.22. The number of hydrogen-bond acceptors (Lipinski definition) is 5. The maximum atomic E-state index is 12.5. The highest BCUT2D eigenvalue weighted by Crippen LogP contribution is 2.27. The molecule has 7 heteroatoms. The van der Waals surface area contributed by atoms with Gasteiger partial charge in [0, 0.05) is 6.54 Å². The van der Waals surface area contributed by atoms with Gasteiger partial charge in [0.05, 0.1) is 20.3 Å². The highest BCUT2D eigenvalue weighted by atomic mass is 35.5. The maximum absolute atomic E-state index is 12.5. The van der Waals surface area contributed by atoms with Crippen LogP contribution in [0.4, 0.5) is 0 Å². The van der Waals surface area contributed by atoms with Gasteiger partial charge in [-0.25, -0.2) is 0 Å². The van der Waals surface area contributed by atoms with Gasteiger partial charge in [0.2, 0.25) is 5.91 Å². The van der Waals surface area contributed by atoms with Crippen LogP contribution in [0.25, 0.3) is 0 Å². The standard InChI is InChI=1S/C20H33N3O3.ClH/c1-15(23-11-8-16(9-12-23)7-10-21-2)20(24)22-14-17-5-6-18(25-3)19(13-17)26-4;/h5-6,13,15-16,21H,7-12,14H2,1-4H3,(H,22,24);1H. The second-order valence-corrected chi connectivity index (χ2v) is 6.95. The topological polar surface area (TPSA) is 62.8 Å². The van der Waals surface area contributed by atoms with E-state index in [1.807, 2.05) is 32.2 Å².